The highest BCUT2D eigenvalue weighted by atomic mass is 16.4. The summed E-state index contributed by atoms with van der Waals surface area (Å²) in [6.07, 6.45) is 2.00. The highest BCUT2D eigenvalue weighted by Crippen LogP contribution is 2.27. The van der Waals surface area contributed by atoms with Crippen molar-refractivity contribution in [3.05, 3.63) is 41.7 Å². The Hall–Kier alpha value is -3.63. The quantitative estimate of drug-likeness (QED) is 0.494. The van der Waals surface area contributed by atoms with Crippen molar-refractivity contribution < 1.29 is 29.0 Å². The van der Waals surface area contributed by atoms with E-state index in [1.807, 2.05) is 34.6 Å². The predicted molar refractivity (Wildman–Crippen MR) is 132 cm³/mol. The Bertz CT molecular complexity index is 1060. The molecule has 1 saturated heterocycles. The van der Waals surface area contributed by atoms with Crippen LogP contribution in [0, 0.1) is 11.8 Å². The van der Waals surface area contributed by atoms with Crippen LogP contribution in [0.25, 0.3) is 0 Å². The van der Waals surface area contributed by atoms with Crippen LogP contribution in [0.4, 0.5) is 10.6 Å². The van der Waals surface area contributed by atoms with Crippen LogP contribution in [0.15, 0.2) is 29.0 Å². The molecule has 0 unspecified atom stereocenters. The van der Waals surface area contributed by atoms with E-state index in [4.69, 9.17) is 4.42 Å². The molecule has 196 valence electrons. The molecule has 2 amide bonds. The van der Waals surface area contributed by atoms with Crippen molar-refractivity contribution in [3.63, 3.8) is 0 Å². The van der Waals surface area contributed by atoms with E-state index in [0.717, 1.165) is 4.90 Å². The van der Waals surface area contributed by atoms with Crippen LogP contribution in [0.3, 0.4) is 0 Å². The molecule has 3 rings (SSSR count). The zero-order chi connectivity index (χ0) is 26.6. The first-order valence-electron chi connectivity index (χ1n) is 12.0. The first-order valence-corrected chi connectivity index (χ1v) is 12.0. The summed E-state index contributed by atoms with van der Waals surface area (Å²) in [4.78, 5) is 49.2. The highest BCUT2D eigenvalue weighted by Gasteiger charge is 2.39. The summed E-state index contributed by atoms with van der Waals surface area (Å²) in [5, 5.41) is 22.4. The van der Waals surface area contributed by atoms with Crippen molar-refractivity contribution in [1.29, 1.82) is 0 Å². The van der Waals surface area contributed by atoms with Gasteiger partial charge in [0.05, 0.1) is 24.8 Å². The van der Waals surface area contributed by atoms with Gasteiger partial charge >= 0.3 is 12.1 Å². The third kappa shape index (κ3) is 6.52. The number of hydrogen-bond donors (Lipinski definition) is 3. The maximum absolute atomic E-state index is 13.9. The summed E-state index contributed by atoms with van der Waals surface area (Å²) < 4.78 is 5.40. The Kier molecular flexibility index (Phi) is 8.21. The lowest BCUT2D eigenvalue weighted by Gasteiger charge is -2.41. The number of carboxylic acids is 1. The largest absolute Gasteiger partial charge is 0.481 e. The van der Waals surface area contributed by atoms with Crippen molar-refractivity contribution >= 4 is 23.8 Å². The Morgan fingerprint density at radius 1 is 1.25 bits per heavy atom. The number of carboxylic acid groups (broad SMARTS) is 2. The molecule has 0 radical (unpaired) electrons. The summed E-state index contributed by atoms with van der Waals surface area (Å²) in [7, 11) is 0. The fraction of sp³-hybridized carbons (Fsp3) is 0.560. The van der Waals surface area contributed by atoms with E-state index < -0.39 is 24.0 Å². The van der Waals surface area contributed by atoms with Gasteiger partial charge in [-0.1, -0.05) is 34.6 Å². The molecule has 36 heavy (non-hydrogen) atoms. The number of hydrogen-bond acceptors (Lipinski definition) is 7. The number of nitrogens with zero attached hydrogens (tertiary/aromatic N) is 4. The molecule has 0 bridgehead atoms. The van der Waals surface area contributed by atoms with Crippen molar-refractivity contribution in [3.8, 4) is 0 Å². The van der Waals surface area contributed by atoms with E-state index >= 15 is 0 Å². The van der Waals surface area contributed by atoms with E-state index in [9.17, 15) is 24.6 Å². The minimum Gasteiger partial charge on any atom is -0.481 e. The molecular formula is C25H35N5O6. The lowest BCUT2D eigenvalue weighted by molar-refractivity contribution is -0.144. The molecule has 2 aromatic rings. The second kappa shape index (κ2) is 11.0. The molecule has 11 nitrogen and oxygen atoms in total. The zero-order valence-corrected chi connectivity index (χ0v) is 21.4. The van der Waals surface area contributed by atoms with Crippen molar-refractivity contribution in [1.82, 2.24) is 19.8 Å². The van der Waals surface area contributed by atoms with E-state index in [1.54, 1.807) is 23.3 Å². The molecule has 0 aromatic carbocycles. The van der Waals surface area contributed by atoms with E-state index in [-0.39, 0.29) is 42.3 Å². The average molecular weight is 502 g/mol. The number of rotatable bonds is 8. The lowest BCUT2D eigenvalue weighted by atomic mass is 9.92. The third-order valence-corrected chi connectivity index (χ3v) is 6.01. The Balaban J connectivity index is 1.99. The smallest absolute Gasteiger partial charge is 0.407 e. The molecule has 1 fully saturated rings. The molecule has 0 aliphatic carbocycles. The standard InChI is InChI=1S/C25H35N5O6/c1-15(2)12-30(17-9-16(22(32)33)13-29(14-17)24(34)35)21(31)19-11-27-23(25(3,4)5)28-20(19)26-10-18-7-6-8-36-18/h6-8,11,15-17H,9-10,12-14H2,1-5H3,(H,32,33)(H,34,35)(H,26,27,28)/t16-,17+/m1/s1. The van der Waals surface area contributed by atoms with Crippen LogP contribution in [-0.2, 0) is 16.8 Å². The van der Waals surface area contributed by atoms with Crippen molar-refractivity contribution in [2.24, 2.45) is 11.8 Å². The van der Waals surface area contributed by atoms with Gasteiger partial charge in [-0.25, -0.2) is 14.8 Å². The van der Waals surface area contributed by atoms with Gasteiger partial charge in [-0.05, 0) is 24.5 Å². The van der Waals surface area contributed by atoms with Crippen LogP contribution in [0.5, 0.6) is 0 Å². The topological polar surface area (TPSA) is 149 Å². The number of likely N-dealkylation sites (tertiary alicyclic amines) is 1. The number of amides is 2. The molecule has 1 aliphatic rings. The highest BCUT2D eigenvalue weighted by molar-refractivity contribution is 5.98. The normalized spacial score (nSPS) is 18.2. The molecule has 2 aromatic heterocycles. The summed E-state index contributed by atoms with van der Waals surface area (Å²) in [5.74, 6) is -0.751. The van der Waals surface area contributed by atoms with E-state index in [0.29, 0.717) is 30.5 Å². The summed E-state index contributed by atoms with van der Waals surface area (Å²) in [6, 6.07) is 2.97. The SMILES string of the molecule is CC(C)CN(C(=O)c1cnc(C(C)(C)C)nc1NCc1ccco1)[C@H]1C[C@@H](C(=O)O)CN(C(=O)O)C1. The van der Waals surface area contributed by atoms with Crippen LogP contribution in [-0.4, -0.2) is 73.6 Å². The number of furan rings is 1. The second-order valence-corrected chi connectivity index (χ2v) is 10.6. The number of carbonyl (C=O) groups excluding carboxylic acids is 1. The predicted octanol–water partition coefficient (Wildman–Crippen LogP) is 3.53. The first kappa shape index (κ1) is 27.0. The minimum atomic E-state index is -1.21. The van der Waals surface area contributed by atoms with Gasteiger partial charge in [0.2, 0.25) is 0 Å². The number of aliphatic carboxylic acids is 1. The van der Waals surface area contributed by atoms with E-state index in [2.05, 4.69) is 15.3 Å². The molecule has 2 atom stereocenters. The molecule has 0 spiro atoms. The van der Waals surface area contributed by atoms with Crippen LogP contribution >= 0.6 is 0 Å². The molecule has 11 heteroatoms. The van der Waals surface area contributed by atoms with Gasteiger partial charge in [0, 0.05) is 31.2 Å². The van der Waals surface area contributed by atoms with Gasteiger partial charge in [-0.15, -0.1) is 0 Å². The summed E-state index contributed by atoms with van der Waals surface area (Å²) in [6.45, 7) is 10.4. The first-order chi connectivity index (χ1) is 16.9. The average Bonchev–Trinajstić information content (AvgIpc) is 3.33. The zero-order valence-electron chi connectivity index (χ0n) is 21.4. The van der Waals surface area contributed by atoms with Gasteiger partial charge < -0.3 is 29.7 Å². The van der Waals surface area contributed by atoms with Gasteiger partial charge in [0.1, 0.15) is 23.0 Å². The maximum Gasteiger partial charge on any atom is 0.407 e. The lowest BCUT2D eigenvalue weighted by Crippen LogP contribution is -2.56. The molecule has 0 saturated carbocycles. The Labute approximate surface area is 210 Å². The van der Waals surface area contributed by atoms with Crippen LogP contribution < -0.4 is 5.32 Å². The molecular weight excluding hydrogens is 466 g/mol. The molecule has 3 heterocycles. The Morgan fingerprint density at radius 3 is 2.53 bits per heavy atom. The fourth-order valence-electron chi connectivity index (χ4n) is 4.20. The monoisotopic (exact) mass is 501 g/mol. The van der Waals surface area contributed by atoms with Gasteiger partial charge in [0.25, 0.3) is 5.91 Å². The number of aromatic nitrogens is 2. The van der Waals surface area contributed by atoms with Crippen LogP contribution in [0.2, 0.25) is 0 Å². The Morgan fingerprint density at radius 2 is 1.97 bits per heavy atom. The molecule has 3 N–H and O–H groups in total. The van der Waals surface area contributed by atoms with E-state index in [1.165, 1.54) is 6.20 Å². The van der Waals surface area contributed by atoms with Gasteiger partial charge in [-0.2, -0.15) is 0 Å². The number of piperidine rings is 1. The van der Waals surface area contributed by atoms with Crippen molar-refractivity contribution in [2.75, 3.05) is 25.0 Å². The number of carbonyl (C=O) groups is 3. The fourth-order valence-corrected chi connectivity index (χ4v) is 4.20. The minimum absolute atomic E-state index is 0.0354. The summed E-state index contributed by atoms with van der Waals surface area (Å²) in [5.41, 5.74) is -0.130. The molecule has 1 aliphatic heterocycles. The second-order valence-electron chi connectivity index (χ2n) is 10.6. The van der Waals surface area contributed by atoms with Gasteiger partial charge in [0.15, 0.2) is 0 Å². The van der Waals surface area contributed by atoms with Gasteiger partial charge in [-0.3, -0.25) is 9.59 Å². The summed E-state index contributed by atoms with van der Waals surface area (Å²) >= 11 is 0. The number of nitrogens with one attached hydrogen (secondary N) is 1. The van der Waals surface area contributed by atoms with Crippen LogP contribution in [0.1, 0.15) is 63.0 Å². The number of anilines is 1. The third-order valence-electron chi connectivity index (χ3n) is 6.01. The van der Waals surface area contributed by atoms with Crippen molar-refractivity contribution in [2.45, 2.75) is 59.0 Å². The maximum atomic E-state index is 13.9.